The molecule has 0 saturated carbocycles. The van der Waals surface area contributed by atoms with E-state index in [4.69, 9.17) is 9.47 Å². The van der Waals surface area contributed by atoms with Crippen molar-refractivity contribution in [1.29, 1.82) is 0 Å². The van der Waals surface area contributed by atoms with Crippen molar-refractivity contribution in [3.63, 3.8) is 0 Å². The number of carbonyl (C=O) groups excluding carboxylic acids is 5. The van der Waals surface area contributed by atoms with Crippen LogP contribution in [0, 0.1) is 0 Å². The predicted molar refractivity (Wildman–Crippen MR) is 109 cm³/mol. The van der Waals surface area contributed by atoms with Crippen molar-refractivity contribution in [2.75, 3.05) is 0 Å². The van der Waals surface area contributed by atoms with E-state index in [1.807, 2.05) is 30.3 Å². The first-order valence-corrected chi connectivity index (χ1v) is 10.1. The molecule has 9 heteroatoms. The molecule has 0 bridgehead atoms. The Balaban J connectivity index is 1.49. The number of amides is 4. The van der Waals surface area contributed by atoms with Gasteiger partial charge in [-0.15, -0.1) is 0 Å². The summed E-state index contributed by atoms with van der Waals surface area (Å²) in [5.74, 6) is -3.10. The summed E-state index contributed by atoms with van der Waals surface area (Å²) in [7, 11) is 0. The topological polar surface area (TPSA) is 119 Å². The number of esters is 1. The number of piperidine rings is 1. The second-order valence-electron chi connectivity index (χ2n) is 7.48. The number of imide groups is 2. The Labute approximate surface area is 183 Å². The van der Waals surface area contributed by atoms with Crippen LogP contribution in [0.5, 0.6) is 5.75 Å². The molecule has 2 aliphatic rings. The van der Waals surface area contributed by atoms with Crippen molar-refractivity contribution in [1.82, 2.24) is 10.2 Å². The van der Waals surface area contributed by atoms with Crippen molar-refractivity contribution >= 4 is 29.6 Å². The van der Waals surface area contributed by atoms with E-state index in [0.29, 0.717) is 0 Å². The van der Waals surface area contributed by atoms with Gasteiger partial charge in [0.1, 0.15) is 18.4 Å². The summed E-state index contributed by atoms with van der Waals surface area (Å²) >= 11 is 0. The van der Waals surface area contributed by atoms with Gasteiger partial charge in [-0.05, 0) is 31.0 Å². The van der Waals surface area contributed by atoms with Crippen LogP contribution in [-0.2, 0) is 25.7 Å². The molecule has 2 aliphatic heterocycles. The molecule has 1 N–H and O–H groups in total. The first-order chi connectivity index (χ1) is 15.4. The highest BCUT2D eigenvalue weighted by atomic mass is 16.6. The Kier molecular flexibility index (Phi) is 5.72. The number of nitrogens with zero attached hydrogens (tertiary/aromatic N) is 1. The maximum Gasteiger partial charge on any atom is 0.347 e. The zero-order valence-electron chi connectivity index (χ0n) is 17.2. The van der Waals surface area contributed by atoms with E-state index in [1.54, 1.807) is 0 Å². The lowest BCUT2D eigenvalue weighted by Gasteiger charge is -2.27. The van der Waals surface area contributed by atoms with Gasteiger partial charge in [-0.3, -0.25) is 29.4 Å². The first kappa shape index (κ1) is 21.2. The molecule has 0 aromatic heterocycles. The molecular formula is C23H20N2O7. The quantitative estimate of drug-likeness (QED) is 0.540. The smallest absolute Gasteiger partial charge is 0.347 e. The van der Waals surface area contributed by atoms with E-state index in [-0.39, 0.29) is 36.3 Å². The molecule has 32 heavy (non-hydrogen) atoms. The Morgan fingerprint density at radius 3 is 2.53 bits per heavy atom. The van der Waals surface area contributed by atoms with E-state index in [1.165, 1.54) is 25.1 Å². The van der Waals surface area contributed by atoms with Crippen LogP contribution in [0.1, 0.15) is 46.0 Å². The molecule has 2 aromatic carbocycles. The molecule has 164 valence electrons. The highest BCUT2D eigenvalue weighted by Crippen LogP contribution is 2.34. The third-order valence-electron chi connectivity index (χ3n) is 5.29. The molecule has 1 fully saturated rings. The van der Waals surface area contributed by atoms with E-state index in [0.717, 1.165) is 10.5 Å². The lowest BCUT2D eigenvalue weighted by Crippen LogP contribution is -2.54. The Morgan fingerprint density at radius 1 is 1.06 bits per heavy atom. The average Bonchev–Trinajstić information content (AvgIpc) is 3.04. The maximum atomic E-state index is 13.1. The van der Waals surface area contributed by atoms with Gasteiger partial charge in [-0.1, -0.05) is 36.4 Å². The SMILES string of the molecule is C[C@H](Oc1cccc2c1C(=O)N(C1CCC(=O)NC1=O)C2=O)C(=O)OCc1ccccc1. The molecule has 2 aromatic rings. The zero-order valence-corrected chi connectivity index (χ0v) is 17.2. The van der Waals surface area contributed by atoms with Crippen LogP contribution in [0.4, 0.5) is 0 Å². The highest BCUT2D eigenvalue weighted by Gasteiger charge is 2.46. The van der Waals surface area contributed by atoms with Gasteiger partial charge in [-0.25, -0.2) is 4.79 Å². The van der Waals surface area contributed by atoms with Gasteiger partial charge in [0.2, 0.25) is 11.8 Å². The molecule has 0 aliphatic carbocycles. The van der Waals surface area contributed by atoms with Gasteiger partial charge < -0.3 is 9.47 Å². The predicted octanol–water partition coefficient (Wildman–Crippen LogP) is 1.60. The molecule has 2 heterocycles. The Hall–Kier alpha value is -4.01. The number of rotatable bonds is 6. The summed E-state index contributed by atoms with van der Waals surface area (Å²) in [5, 5.41) is 2.15. The third-order valence-corrected chi connectivity index (χ3v) is 5.29. The minimum atomic E-state index is -1.08. The van der Waals surface area contributed by atoms with Crippen LogP contribution in [0.25, 0.3) is 0 Å². The van der Waals surface area contributed by atoms with Crippen molar-refractivity contribution in [2.24, 2.45) is 0 Å². The van der Waals surface area contributed by atoms with Crippen LogP contribution < -0.4 is 10.1 Å². The fraction of sp³-hybridized carbons (Fsp3) is 0.261. The normalized spacial score (nSPS) is 18.8. The molecule has 0 radical (unpaired) electrons. The number of benzene rings is 2. The lowest BCUT2D eigenvalue weighted by atomic mass is 10.0. The summed E-state index contributed by atoms with van der Waals surface area (Å²) in [6.07, 6.45) is -0.968. The van der Waals surface area contributed by atoms with Gasteiger partial charge in [0.05, 0.1) is 11.1 Å². The monoisotopic (exact) mass is 436 g/mol. The van der Waals surface area contributed by atoms with Gasteiger partial charge >= 0.3 is 5.97 Å². The first-order valence-electron chi connectivity index (χ1n) is 10.1. The molecular weight excluding hydrogens is 416 g/mol. The summed E-state index contributed by atoms with van der Waals surface area (Å²) in [5.41, 5.74) is 0.862. The summed E-state index contributed by atoms with van der Waals surface area (Å²) in [6, 6.07) is 12.5. The van der Waals surface area contributed by atoms with Crippen LogP contribution in [0.2, 0.25) is 0 Å². The summed E-state index contributed by atoms with van der Waals surface area (Å²) in [6.45, 7) is 1.55. The molecule has 4 rings (SSSR count). The van der Waals surface area contributed by atoms with Crippen LogP contribution in [0.3, 0.4) is 0 Å². The number of ether oxygens (including phenoxy) is 2. The second-order valence-corrected chi connectivity index (χ2v) is 7.48. The number of fused-ring (bicyclic) bond motifs is 1. The van der Waals surface area contributed by atoms with Crippen molar-refractivity contribution in [3.05, 3.63) is 65.2 Å². The number of hydrogen-bond donors (Lipinski definition) is 1. The third kappa shape index (κ3) is 3.96. The minimum absolute atomic E-state index is 0.0232. The van der Waals surface area contributed by atoms with Crippen molar-refractivity contribution < 1.29 is 33.4 Å². The highest BCUT2D eigenvalue weighted by molar-refractivity contribution is 6.24. The van der Waals surface area contributed by atoms with E-state index >= 15 is 0 Å². The van der Waals surface area contributed by atoms with Crippen molar-refractivity contribution in [2.45, 2.75) is 38.5 Å². The zero-order chi connectivity index (χ0) is 22.8. The number of carbonyl (C=O) groups is 5. The van der Waals surface area contributed by atoms with Gasteiger partial charge in [-0.2, -0.15) is 0 Å². The Bertz CT molecular complexity index is 1110. The van der Waals surface area contributed by atoms with E-state index in [9.17, 15) is 24.0 Å². The Morgan fingerprint density at radius 2 is 1.81 bits per heavy atom. The van der Waals surface area contributed by atoms with Crippen molar-refractivity contribution in [3.8, 4) is 5.75 Å². The fourth-order valence-corrected chi connectivity index (χ4v) is 3.67. The molecule has 4 amide bonds. The molecule has 2 atom stereocenters. The summed E-state index contributed by atoms with van der Waals surface area (Å²) in [4.78, 5) is 62.7. The van der Waals surface area contributed by atoms with Gasteiger partial charge in [0.15, 0.2) is 6.10 Å². The van der Waals surface area contributed by atoms with E-state index in [2.05, 4.69) is 5.32 Å². The minimum Gasteiger partial charge on any atom is -0.478 e. The lowest BCUT2D eigenvalue weighted by molar-refractivity contribution is -0.152. The largest absolute Gasteiger partial charge is 0.478 e. The van der Waals surface area contributed by atoms with Crippen LogP contribution >= 0.6 is 0 Å². The molecule has 9 nitrogen and oxygen atoms in total. The van der Waals surface area contributed by atoms with Crippen LogP contribution in [0.15, 0.2) is 48.5 Å². The number of hydrogen-bond acceptors (Lipinski definition) is 7. The number of nitrogens with one attached hydrogen (secondary N) is 1. The fourth-order valence-electron chi connectivity index (χ4n) is 3.67. The average molecular weight is 436 g/mol. The summed E-state index contributed by atoms with van der Waals surface area (Å²) < 4.78 is 10.9. The standard InChI is InChI=1S/C23H20N2O7/c1-13(23(30)31-12-14-6-3-2-4-7-14)32-17-9-5-8-15-19(17)22(29)25(21(15)28)16-10-11-18(26)24-20(16)27/h2-9,13,16H,10-12H2,1H3,(H,24,26,27)/t13-,16?/m0/s1. The molecule has 0 spiro atoms. The molecule has 1 saturated heterocycles. The van der Waals surface area contributed by atoms with Gasteiger partial charge in [0, 0.05) is 6.42 Å². The van der Waals surface area contributed by atoms with Gasteiger partial charge in [0.25, 0.3) is 11.8 Å². The van der Waals surface area contributed by atoms with E-state index < -0.39 is 41.7 Å². The van der Waals surface area contributed by atoms with Crippen LogP contribution in [-0.4, -0.2) is 46.6 Å². The second kappa shape index (κ2) is 8.62. The maximum absolute atomic E-state index is 13.1. The molecule has 1 unspecified atom stereocenters.